The van der Waals surface area contributed by atoms with Crippen LogP contribution in [0.25, 0.3) is 22.8 Å². The molecule has 1 unspecified atom stereocenters. The van der Waals surface area contributed by atoms with Gasteiger partial charge in [0.15, 0.2) is 11.9 Å². The minimum atomic E-state index is -0.726. The van der Waals surface area contributed by atoms with Crippen LogP contribution in [-0.4, -0.2) is 58.6 Å². The molecule has 3 aromatic rings. The average molecular weight is 529 g/mol. The Labute approximate surface area is 227 Å². The zero-order valence-corrected chi connectivity index (χ0v) is 22.7. The first-order valence-electron chi connectivity index (χ1n) is 13.5. The molecule has 2 atom stereocenters. The van der Waals surface area contributed by atoms with E-state index in [0.29, 0.717) is 48.3 Å². The zero-order valence-electron chi connectivity index (χ0n) is 22.7. The summed E-state index contributed by atoms with van der Waals surface area (Å²) in [4.78, 5) is 19.8. The normalized spacial score (nSPS) is 23.4. The largest absolute Gasteiger partial charge is 0.490 e. The molecule has 202 valence electrons. The highest BCUT2D eigenvalue weighted by Gasteiger charge is 2.48. The molecule has 0 bridgehead atoms. The van der Waals surface area contributed by atoms with Crippen LogP contribution in [-0.2, 0) is 26.1 Å². The smallest absolute Gasteiger partial charge is 0.258 e. The van der Waals surface area contributed by atoms with Gasteiger partial charge in [0.25, 0.3) is 11.8 Å². The maximum Gasteiger partial charge on any atom is 0.258 e. The molecule has 1 aliphatic carbocycles. The van der Waals surface area contributed by atoms with Crippen molar-refractivity contribution in [1.82, 2.24) is 15.0 Å². The van der Waals surface area contributed by atoms with Gasteiger partial charge in [-0.25, -0.2) is 0 Å². The molecule has 9 heteroatoms. The van der Waals surface area contributed by atoms with E-state index in [0.717, 1.165) is 24.8 Å². The van der Waals surface area contributed by atoms with Crippen LogP contribution in [0.1, 0.15) is 57.2 Å². The van der Waals surface area contributed by atoms with Gasteiger partial charge in [0, 0.05) is 29.6 Å². The van der Waals surface area contributed by atoms with Gasteiger partial charge in [0.05, 0.1) is 18.3 Å². The Morgan fingerprint density at radius 1 is 1.23 bits per heavy atom. The standard InChI is InChI=1S/C30H32N4O5/c1-18(2)37-24-9-8-19(14-20(24)15-31)27-32-26(33-39-27)22-6-5-7-23-21(22)10-11-30(23)12-13-34(17-30)28(35)25-16-36-29(3,4)38-25/h5-9,14,18,25H,10-13,16-17H2,1-4H3/t25-,30?/m0/s1. The van der Waals surface area contributed by atoms with Gasteiger partial charge in [-0.05, 0) is 76.3 Å². The molecular weight excluding hydrogens is 496 g/mol. The van der Waals surface area contributed by atoms with E-state index in [2.05, 4.69) is 17.3 Å². The number of fused-ring (bicyclic) bond motifs is 2. The lowest BCUT2D eigenvalue weighted by Gasteiger charge is -2.27. The lowest BCUT2D eigenvalue weighted by molar-refractivity contribution is -0.159. The predicted molar refractivity (Wildman–Crippen MR) is 142 cm³/mol. The van der Waals surface area contributed by atoms with Crippen LogP contribution < -0.4 is 4.74 Å². The topological polar surface area (TPSA) is 111 Å². The van der Waals surface area contributed by atoms with E-state index in [-0.39, 0.29) is 17.4 Å². The second-order valence-corrected chi connectivity index (χ2v) is 11.4. The molecule has 9 nitrogen and oxygen atoms in total. The summed E-state index contributed by atoms with van der Waals surface area (Å²) >= 11 is 0. The first-order valence-corrected chi connectivity index (χ1v) is 13.5. The summed E-state index contributed by atoms with van der Waals surface area (Å²) in [5.74, 6) is 0.677. The van der Waals surface area contributed by atoms with Gasteiger partial charge >= 0.3 is 0 Å². The Balaban J connectivity index is 1.24. The summed E-state index contributed by atoms with van der Waals surface area (Å²) in [7, 11) is 0. The number of rotatable bonds is 5. The summed E-state index contributed by atoms with van der Waals surface area (Å²) in [6.07, 6.45) is 2.17. The number of nitrogens with zero attached hydrogens (tertiary/aromatic N) is 4. The maximum atomic E-state index is 13.2. The number of likely N-dealkylation sites (tertiary alicyclic amines) is 1. The molecule has 3 aliphatic rings. The number of aromatic nitrogens is 2. The molecule has 0 N–H and O–H groups in total. The Kier molecular flexibility index (Phi) is 6.20. The van der Waals surface area contributed by atoms with Gasteiger partial charge in [-0.2, -0.15) is 10.2 Å². The molecule has 39 heavy (non-hydrogen) atoms. The fraction of sp³-hybridized carbons (Fsp3) is 0.467. The molecular formula is C30H32N4O5. The Morgan fingerprint density at radius 2 is 2.08 bits per heavy atom. The van der Waals surface area contributed by atoms with Crippen LogP contribution in [0.4, 0.5) is 0 Å². The zero-order chi connectivity index (χ0) is 27.4. The van der Waals surface area contributed by atoms with Crippen molar-refractivity contribution in [3.63, 3.8) is 0 Å². The van der Waals surface area contributed by atoms with Crippen molar-refractivity contribution < 1.29 is 23.5 Å². The first-order chi connectivity index (χ1) is 18.7. The van der Waals surface area contributed by atoms with Gasteiger partial charge in [0.1, 0.15) is 11.8 Å². The molecule has 2 fully saturated rings. The minimum absolute atomic E-state index is 0.00594. The van der Waals surface area contributed by atoms with Crippen LogP contribution in [0.15, 0.2) is 40.9 Å². The summed E-state index contributed by atoms with van der Waals surface area (Å²) in [6, 6.07) is 13.7. The van der Waals surface area contributed by atoms with E-state index in [9.17, 15) is 10.1 Å². The third-order valence-electron chi connectivity index (χ3n) is 7.93. The lowest BCUT2D eigenvalue weighted by Crippen LogP contribution is -2.41. The predicted octanol–water partition coefficient (Wildman–Crippen LogP) is 4.63. The van der Waals surface area contributed by atoms with Gasteiger partial charge in [0.2, 0.25) is 5.82 Å². The molecule has 1 spiro atoms. The quantitative estimate of drug-likeness (QED) is 0.471. The Hall–Kier alpha value is -3.74. The van der Waals surface area contributed by atoms with E-state index in [4.69, 9.17) is 23.7 Å². The van der Waals surface area contributed by atoms with E-state index < -0.39 is 11.9 Å². The Morgan fingerprint density at radius 3 is 2.82 bits per heavy atom. The average Bonchev–Trinajstić information content (AvgIpc) is 3.71. The lowest BCUT2D eigenvalue weighted by atomic mass is 9.81. The summed E-state index contributed by atoms with van der Waals surface area (Å²) < 4.78 is 22.8. The molecule has 2 aliphatic heterocycles. The van der Waals surface area contributed by atoms with E-state index in [1.807, 2.05) is 50.8 Å². The fourth-order valence-electron chi connectivity index (χ4n) is 6.12. The summed E-state index contributed by atoms with van der Waals surface area (Å²) in [5, 5.41) is 13.9. The van der Waals surface area contributed by atoms with Crippen molar-refractivity contribution in [2.45, 2.75) is 70.4 Å². The SMILES string of the molecule is CC(C)Oc1ccc(-c2nc(-c3cccc4c3CCC43CCN(C(=O)[C@@H]4COC(C)(C)O4)C3)no2)cc1C#N. The molecule has 0 radical (unpaired) electrons. The summed E-state index contributed by atoms with van der Waals surface area (Å²) in [5.41, 5.74) is 4.40. The third-order valence-corrected chi connectivity index (χ3v) is 7.93. The van der Waals surface area contributed by atoms with Crippen LogP contribution in [0.3, 0.4) is 0 Å². The molecule has 1 aromatic heterocycles. The second kappa shape index (κ2) is 9.47. The van der Waals surface area contributed by atoms with Crippen LogP contribution in [0, 0.1) is 11.3 Å². The van der Waals surface area contributed by atoms with Gasteiger partial charge in [-0.3, -0.25) is 4.79 Å². The number of carbonyl (C=O) groups is 1. The number of nitriles is 1. The van der Waals surface area contributed by atoms with Crippen LogP contribution in [0.2, 0.25) is 0 Å². The number of ether oxygens (including phenoxy) is 3. The molecule has 1 amide bonds. The maximum absolute atomic E-state index is 13.2. The van der Waals surface area contributed by atoms with Gasteiger partial charge < -0.3 is 23.6 Å². The monoisotopic (exact) mass is 528 g/mol. The molecule has 2 saturated heterocycles. The molecule has 0 saturated carbocycles. The van der Waals surface area contributed by atoms with Crippen molar-refractivity contribution in [2.24, 2.45) is 0 Å². The Bertz CT molecular complexity index is 1470. The van der Waals surface area contributed by atoms with Crippen LogP contribution >= 0.6 is 0 Å². The first kappa shape index (κ1) is 25.5. The second-order valence-electron chi connectivity index (χ2n) is 11.4. The van der Waals surface area contributed by atoms with Crippen molar-refractivity contribution >= 4 is 5.91 Å². The van der Waals surface area contributed by atoms with Gasteiger partial charge in [-0.1, -0.05) is 23.4 Å². The number of hydrogen-bond donors (Lipinski definition) is 0. The molecule has 3 heterocycles. The van der Waals surface area contributed by atoms with E-state index in [1.165, 1.54) is 11.1 Å². The highest BCUT2D eigenvalue weighted by Crippen LogP contribution is 2.48. The van der Waals surface area contributed by atoms with Crippen LogP contribution in [0.5, 0.6) is 5.75 Å². The minimum Gasteiger partial charge on any atom is -0.490 e. The van der Waals surface area contributed by atoms with Crippen molar-refractivity contribution in [3.05, 3.63) is 53.1 Å². The molecule has 6 rings (SSSR count). The number of benzene rings is 2. The van der Waals surface area contributed by atoms with E-state index in [1.54, 1.807) is 12.1 Å². The number of hydrogen-bond acceptors (Lipinski definition) is 8. The molecule has 2 aromatic carbocycles. The highest BCUT2D eigenvalue weighted by molar-refractivity contribution is 5.82. The van der Waals surface area contributed by atoms with Crippen molar-refractivity contribution in [2.75, 3.05) is 19.7 Å². The van der Waals surface area contributed by atoms with Gasteiger partial charge in [-0.15, -0.1) is 0 Å². The highest BCUT2D eigenvalue weighted by atomic mass is 16.7. The summed E-state index contributed by atoms with van der Waals surface area (Å²) in [6.45, 7) is 9.17. The van der Waals surface area contributed by atoms with Crippen molar-refractivity contribution in [1.29, 1.82) is 5.26 Å². The number of amides is 1. The van der Waals surface area contributed by atoms with E-state index >= 15 is 0 Å². The third kappa shape index (κ3) is 4.58. The number of carbonyl (C=O) groups excluding carboxylic acids is 1. The van der Waals surface area contributed by atoms with Crippen molar-refractivity contribution in [3.8, 4) is 34.7 Å². The fourth-order valence-corrected chi connectivity index (χ4v) is 6.12.